The second-order valence-corrected chi connectivity index (χ2v) is 27.9. The summed E-state index contributed by atoms with van der Waals surface area (Å²) in [7, 11) is -3.23. The molecule has 6 saturated heterocycles. The fourth-order valence-corrected chi connectivity index (χ4v) is 8.80. The third-order valence-corrected chi connectivity index (χ3v) is 21.5. The van der Waals surface area contributed by atoms with Crippen molar-refractivity contribution in [2.24, 2.45) is 0 Å². The molecular formula is C36H122N6O6Si2. The Morgan fingerprint density at radius 1 is 0.620 bits per heavy atom. The SMILES string of the molecule is CC(C)(C)[Si](C)(C)OC[C@@H]1CN2CCOC[C@@H]2CN1.CC(C)(C)[Si](C)(C)OC[C@@H]1CN2CCOC[C@H]2CN1.OC[C@@H]1CN2CCOCC2CN1.[2HH].[2H][2H].[2H][2H].[2H][2H].[2H][2H].[2H][2H].[2H][2H].[2H][2H].[2H][2H].[2H][2H].[2H][2H].[2H][2H].[2H][2H].[2H][2H].[2H][2H].[2H][2H].[2H][2H].[2H][2H].[2H][2H].[2H][2H].[2H][2H].[2H][2H].[2H][2H]. The summed E-state index contributed by atoms with van der Waals surface area (Å²) in [4.78, 5) is 7.51. The van der Waals surface area contributed by atoms with E-state index in [9.17, 15) is 0 Å². The summed E-state index contributed by atoms with van der Waals surface area (Å²) in [6.45, 7) is 39.6. The van der Waals surface area contributed by atoms with Gasteiger partial charge in [-0.25, -0.2) is 0 Å². The Labute approximate surface area is 376 Å². The van der Waals surface area contributed by atoms with Crippen molar-refractivity contribution in [1.29, 1.82) is 0 Å². The van der Waals surface area contributed by atoms with Gasteiger partial charge in [0.05, 0.1) is 59.5 Å². The molecule has 50 heavy (non-hydrogen) atoms. The lowest BCUT2D eigenvalue weighted by molar-refractivity contribution is -0.0307. The largest absolute Gasteiger partial charge is 0.415 e. The molecule has 0 aromatic rings. The van der Waals surface area contributed by atoms with Gasteiger partial charge >= 0.3 is 0 Å². The first-order valence-corrected chi connectivity index (χ1v) is 25.3. The highest BCUT2D eigenvalue weighted by atomic mass is 28.4. The smallest absolute Gasteiger partial charge is 0.192 e. The topological polar surface area (TPSA) is 112 Å². The Morgan fingerprint density at radius 2 is 0.940 bits per heavy atom. The van der Waals surface area contributed by atoms with E-state index in [1.54, 1.807) is 0 Å². The summed E-state index contributed by atoms with van der Waals surface area (Å²) in [5.74, 6) is 0. The van der Waals surface area contributed by atoms with Crippen molar-refractivity contribution in [3.63, 3.8) is 0 Å². The average Bonchev–Trinajstić information content (AvgIpc) is 0.887. The molecular weight excluding hydrogens is 669 g/mol. The quantitative estimate of drug-likeness (QED) is 0.189. The van der Waals surface area contributed by atoms with Gasteiger partial charge in [0.2, 0.25) is 0 Å². The number of aliphatic hydroxyl groups is 1. The summed E-state index contributed by atoms with van der Waals surface area (Å²) in [6.07, 6.45) is 0. The molecule has 6 aliphatic rings. The molecule has 340 valence electrons. The van der Waals surface area contributed by atoms with Crippen LogP contribution in [0.15, 0.2) is 0 Å². The van der Waals surface area contributed by atoms with Gasteiger partial charge in [-0.3, -0.25) is 14.7 Å². The maximum atomic E-state index is 8.96. The van der Waals surface area contributed by atoms with Gasteiger partial charge in [0.25, 0.3) is 0 Å². The number of nitrogens with one attached hydrogen (secondary N) is 3. The van der Waals surface area contributed by atoms with E-state index in [1.807, 2.05) is 0 Å². The van der Waals surface area contributed by atoms with Crippen molar-refractivity contribution in [1.82, 2.24) is 30.7 Å². The summed E-state index contributed by atoms with van der Waals surface area (Å²) >= 11 is 0. The minimum absolute atomic E-state index is 0. The number of nitrogens with zero attached hydrogens (tertiary/aromatic N) is 3. The molecule has 0 aromatic heterocycles. The van der Waals surface area contributed by atoms with E-state index in [2.05, 4.69) is 98.4 Å². The number of rotatable bonds is 7. The fourth-order valence-electron chi connectivity index (χ4n) is 6.70. The minimum atomic E-state index is -1.62. The molecule has 0 bridgehead atoms. The van der Waals surface area contributed by atoms with Crippen LogP contribution >= 0.6 is 0 Å². The monoisotopic (exact) mass is 836 g/mol. The van der Waals surface area contributed by atoms with Crippen LogP contribution in [0.25, 0.3) is 0 Å². The van der Waals surface area contributed by atoms with Gasteiger partial charge in [-0.1, -0.05) is 41.5 Å². The van der Waals surface area contributed by atoms with Crippen LogP contribution in [0.5, 0.6) is 0 Å². The van der Waals surface area contributed by atoms with E-state index in [4.69, 9.17) is 93.5 Å². The van der Waals surface area contributed by atoms with Crippen LogP contribution in [-0.4, -0.2) is 191 Å². The number of hydrogen-bond acceptors (Lipinski definition) is 12. The summed E-state index contributed by atoms with van der Waals surface area (Å²) in [5, 5.41) is 20.1. The molecule has 6 fully saturated rings. The molecule has 0 amide bonds. The molecule has 0 aliphatic carbocycles. The Morgan fingerprint density at radius 3 is 1.26 bits per heavy atom. The fraction of sp³-hybridized carbons (Fsp3) is 1.00. The third-order valence-electron chi connectivity index (χ3n) is 12.5. The molecule has 0 saturated carbocycles. The van der Waals surface area contributed by atoms with Gasteiger partial charge < -0.3 is 44.1 Å². The van der Waals surface area contributed by atoms with E-state index < -0.39 is 16.6 Å². The molecule has 6 aliphatic heterocycles. The van der Waals surface area contributed by atoms with Crippen molar-refractivity contribution in [3.05, 3.63) is 0 Å². The highest BCUT2D eigenvalue weighted by molar-refractivity contribution is 6.74. The first kappa shape index (κ1) is 21.3. The molecule has 4 N–H and O–H groups in total. The van der Waals surface area contributed by atoms with Crippen LogP contribution in [0.2, 0.25) is 36.3 Å². The van der Waals surface area contributed by atoms with E-state index in [-0.39, 0.29) is 14.1 Å². The number of fused-ring (bicyclic) bond motifs is 3. The van der Waals surface area contributed by atoms with Crippen LogP contribution in [0.4, 0.5) is 0 Å². The zero-order valence-electron chi connectivity index (χ0n) is 77.5. The van der Waals surface area contributed by atoms with E-state index in [0.29, 0.717) is 40.3 Å². The predicted octanol–water partition coefficient (Wildman–Crippen LogP) is 7.67. The Kier molecular flexibility index (Phi) is 8.10. The molecule has 12 nitrogen and oxygen atoms in total. The molecule has 6 rings (SSSR count). The van der Waals surface area contributed by atoms with Gasteiger partial charge in [0.1, 0.15) is 0 Å². The summed E-state index contributed by atoms with van der Waals surface area (Å²) in [6, 6.07) is 2.88. The summed E-state index contributed by atoms with van der Waals surface area (Å²) < 4.78 is 249. The van der Waals surface area contributed by atoms with Crippen LogP contribution in [0.1, 0.15) is 108 Å². The predicted molar refractivity (Wildman–Crippen MR) is 256 cm³/mol. The lowest BCUT2D eigenvalue weighted by Crippen LogP contribution is -2.62. The van der Waals surface area contributed by atoms with E-state index >= 15 is 0 Å². The minimum Gasteiger partial charge on any atom is -0.415 e. The molecule has 6 heterocycles. The normalized spacial score (nSPS) is 35.5. The van der Waals surface area contributed by atoms with Gasteiger partial charge in [0.15, 0.2) is 16.6 Å². The van der Waals surface area contributed by atoms with Crippen LogP contribution in [0.3, 0.4) is 0 Å². The number of aliphatic hydroxyl groups excluding tert-OH is 1. The number of ether oxygens (including phenoxy) is 3. The first-order valence-electron chi connectivity index (χ1n) is 41.5. The van der Waals surface area contributed by atoms with Crippen molar-refractivity contribution >= 4 is 16.6 Å². The molecule has 0 spiro atoms. The van der Waals surface area contributed by atoms with Crippen molar-refractivity contribution < 1.29 is 94.9 Å². The Hall–Kier alpha value is -0.0462. The highest BCUT2D eigenvalue weighted by Gasteiger charge is 2.40. The van der Waals surface area contributed by atoms with Gasteiger partial charge in [-0.2, -0.15) is 0 Å². The average molecular weight is 837 g/mol. The standard InChI is InChI=1S/2C14H30N2O2Si.C8H16N2O2.23H2/c2*1-14(2,3)19(4,5)18-10-12-9-16-6-7-17-11-13(16)8-15-12;11-5-7-4-10-1-2-12-6-8(10)3-9-7;;;;;;;;;;;;;;;;;;;;;;;/h2*12-13,15H,6-11H2,1-5H3;7-9,11H,1-6H2;23*1H/t12-,13+;12-,13-;7-,8?;;;;;;;;;;;;;;;;;;;;;;;/m000......................./s1/i;;;22*1+1D;1+1. The lowest BCUT2D eigenvalue weighted by atomic mass is 10.1. The second-order valence-electron chi connectivity index (χ2n) is 18.3. The maximum Gasteiger partial charge on any atom is 0.192 e. The Bertz CT molecular complexity index is 1040. The van der Waals surface area contributed by atoms with Gasteiger partial charge in [0, 0.05) is 162 Å². The van der Waals surface area contributed by atoms with Gasteiger partial charge in [-0.05, 0) is 36.3 Å². The molecule has 0 aromatic carbocycles. The maximum absolute atomic E-state index is 8.96. The zero-order chi connectivity index (χ0) is 80.6. The van der Waals surface area contributed by atoms with Crippen molar-refractivity contribution in [3.8, 4) is 0 Å². The molecule has 14 heteroatoms. The highest BCUT2D eigenvalue weighted by Crippen LogP contribution is 2.37. The lowest BCUT2D eigenvalue weighted by Gasteiger charge is -2.44. The summed E-state index contributed by atoms with van der Waals surface area (Å²) in [5.41, 5.74) is 0. The van der Waals surface area contributed by atoms with Crippen molar-refractivity contribution in [2.75, 3.05) is 118 Å². The Balaban J connectivity index is -0.0000000383. The molecule has 0 radical (unpaired) electrons. The van der Waals surface area contributed by atoms with Gasteiger partial charge in [-0.15, -0.1) is 0 Å². The number of hydrogen-bond donors (Lipinski definition) is 4. The first-order chi connectivity index (χ1) is 45.5. The van der Waals surface area contributed by atoms with E-state index in [1.165, 1.54) is 0 Å². The van der Waals surface area contributed by atoms with Crippen LogP contribution in [0, 0.1) is 0 Å². The molecule has 6 atom stereocenters. The molecule has 1 unspecified atom stereocenters. The van der Waals surface area contributed by atoms with Crippen LogP contribution in [-0.2, 0) is 23.1 Å². The van der Waals surface area contributed by atoms with Crippen molar-refractivity contribution in [2.45, 2.75) is 114 Å². The van der Waals surface area contributed by atoms with E-state index in [0.717, 1.165) is 112 Å². The zero-order valence-corrected chi connectivity index (χ0v) is 35.5. The second kappa shape index (κ2) is 19.0. The third kappa shape index (κ3) is 12.5. The van der Waals surface area contributed by atoms with Crippen LogP contribution < -0.4 is 16.0 Å². The number of piperazine rings is 3. The number of morpholine rings is 3.